The molecule has 1 N–H and O–H groups in total. The molecule has 6 nitrogen and oxygen atoms in total. The van der Waals surface area contributed by atoms with Crippen molar-refractivity contribution in [2.75, 3.05) is 20.2 Å². The van der Waals surface area contributed by atoms with E-state index in [0.29, 0.717) is 19.0 Å². The Morgan fingerprint density at radius 2 is 2.26 bits per heavy atom. The molecule has 2 fully saturated rings. The molecule has 1 saturated carbocycles. The van der Waals surface area contributed by atoms with E-state index in [2.05, 4.69) is 10.3 Å². The number of amides is 2. The van der Waals surface area contributed by atoms with Crippen molar-refractivity contribution in [3.05, 3.63) is 16.6 Å². The first-order chi connectivity index (χ1) is 11.0. The summed E-state index contributed by atoms with van der Waals surface area (Å²) in [5, 5.41) is 6.02. The number of rotatable bonds is 4. The Hall–Kier alpha value is -1.63. The molecule has 126 valence electrons. The molecule has 0 bridgehead atoms. The molecule has 1 aromatic heterocycles. The lowest BCUT2D eigenvalue weighted by Gasteiger charge is -2.25. The van der Waals surface area contributed by atoms with Gasteiger partial charge in [-0.05, 0) is 31.6 Å². The zero-order valence-electron chi connectivity index (χ0n) is 13.7. The number of nitrogens with zero attached hydrogens (tertiary/aromatic N) is 2. The SMILES string of the molecule is COC(=O)[C@]1(C)CN(C(=O)N[C@@H](c2nccs2)C2CC2)C[C@H]1C. The zero-order valence-corrected chi connectivity index (χ0v) is 14.6. The summed E-state index contributed by atoms with van der Waals surface area (Å²) in [4.78, 5) is 30.8. The van der Waals surface area contributed by atoms with E-state index in [4.69, 9.17) is 4.74 Å². The van der Waals surface area contributed by atoms with Gasteiger partial charge in [0.2, 0.25) is 0 Å². The monoisotopic (exact) mass is 337 g/mol. The van der Waals surface area contributed by atoms with Crippen molar-refractivity contribution in [3.63, 3.8) is 0 Å². The molecule has 0 radical (unpaired) electrons. The number of carbonyl (C=O) groups is 2. The van der Waals surface area contributed by atoms with Gasteiger partial charge in [0, 0.05) is 24.7 Å². The van der Waals surface area contributed by atoms with Gasteiger partial charge in [-0.15, -0.1) is 11.3 Å². The predicted octanol–water partition coefficient (Wildman–Crippen LogP) is 2.43. The van der Waals surface area contributed by atoms with Gasteiger partial charge >= 0.3 is 12.0 Å². The number of thiazole rings is 1. The number of hydrogen-bond acceptors (Lipinski definition) is 5. The molecule has 3 atom stereocenters. The van der Waals surface area contributed by atoms with Crippen LogP contribution in [-0.2, 0) is 9.53 Å². The molecule has 3 rings (SSSR count). The second-order valence-corrected chi connectivity index (χ2v) is 7.75. The molecule has 0 unspecified atom stereocenters. The van der Waals surface area contributed by atoms with Crippen molar-refractivity contribution in [2.24, 2.45) is 17.3 Å². The van der Waals surface area contributed by atoms with Gasteiger partial charge in [0.1, 0.15) is 5.01 Å². The van der Waals surface area contributed by atoms with Crippen LogP contribution in [0.15, 0.2) is 11.6 Å². The molecule has 1 saturated heterocycles. The van der Waals surface area contributed by atoms with Gasteiger partial charge in [0.05, 0.1) is 18.6 Å². The minimum absolute atomic E-state index is 0.0113. The van der Waals surface area contributed by atoms with Crippen molar-refractivity contribution < 1.29 is 14.3 Å². The summed E-state index contributed by atoms with van der Waals surface area (Å²) in [6.07, 6.45) is 4.02. The molecule has 2 amide bonds. The standard InChI is InChI=1S/C16H23N3O3S/c1-10-8-19(9-16(10,2)14(20)22-3)15(21)18-12(11-4-5-11)13-17-6-7-23-13/h6-7,10-12H,4-5,8-9H2,1-3H3,(H,18,21)/t10-,12-,16-/m1/s1. The largest absolute Gasteiger partial charge is 0.469 e. The average molecular weight is 337 g/mol. The summed E-state index contributed by atoms with van der Waals surface area (Å²) in [5.74, 6) is 0.302. The van der Waals surface area contributed by atoms with Gasteiger partial charge in [-0.3, -0.25) is 4.79 Å². The molecule has 7 heteroatoms. The van der Waals surface area contributed by atoms with Crippen LogP contribution in [0, 0.1) is 17.3 Å². The summed E-state index contributed by atoms with van der Waals surface area (Å²) in [7, 11) is 1.40. The van der Waals surface area contributed by atoms with Crippen LogP contribution in [0.1, 0.15) is 37.7 Å². The highest BCUT2D eigenvalue weighted by Gasteiger charge is 2.49. The van der Waals surface area contributed by atoms with Crippen LogP contribution in [0.3, 0.4) is 0 Å². The highest BCUT2D eigenvalue weighted by molar-refractivity contribution is 7.09. The Balaban J connectivity index is 1.68. The van der Waals surface area contributed by atoms with Crippen molar-refractivity contribution in [2.45, 2.75) is 32.7 Å². The van der Waals surface area contributed by atoms with Gasteiger partial charge in [-0.25, -0.2) is 9.78 Å². The average Bonchev–Trinajstić information content (AvgIpc) is 3.13. The van der Waals surface area contributed by atoms with Gasteiger partial charge in [-0.1, -0.05) is 6.92 Å². The minimum Gasteiger partial charge on any atom is -0.469 e. The first-order valence-electron chi connectivity index (χ1n) is 7.99. The highest BCUT2D eigenvalue weighted by atomic mass is 32.1. The second kappa shape index (κ2) is 6.11. The molecular formula is C16H23N3O3S. The summed E-state index contributed by atoms with van der Waals surface area (Å²) in [6, 6.07) is -0.126. The lowest BCUT2D eigenvalue weighted by Crippen LogP contribution is -2.43. The van der Waals surface area contributed by atoms with E-state index in [-0.39, 0.29) is 24.0 Å². The Morgan fingerprint density at radius 1 is 1.52 bits per heavy atom. The second-order valence-electron chi connectivity index (χ2n) is 6.83. The summed E-state index contributed by atoms with van der Waals surface area (Å²) in [5.41, 5.74) is -0.637. The molecule has 2 heterocycles. The van der Waals surface area contributed by atoms with Crippen LogP contribution in [0.25, 0.3) is 0 Å². The topological polar surface area (TPSA) is 71.5 Å². The molecule has 1 aliphatic carbocycles. The Morgan fingerprint density at radius 3 is 2.83 bits per heavy atom. The normalized spacial score (nSPS) is 28.5. The molecule has 1 aromatic rings. The fraction of sp³-hybridized carbons (Fsp3) is 0.688. The lowest BCUT2D eigenvalue weighted by molar-refractivity contribution is -0.152. The van der Waals surface area contributed by atoms with Gasteiger partial charge in [0.15, 0.2) is 0 Å². The smallest absolute Gasteiger partial charge is 0.318 e. The van der Waals surface area contributed by atoms with Crippen molar-refractivity contribution in [3.8, 4) is 0 Å². The van der Waals surface area contributed by atoms with Gasteiger partial charge in [0.25, 0.3) is 0 Å². The Bertz CT molecular complexity index is 587. The van der Waals surface area contributed by atoms with Crippen molar-refractivity contribution >= 4 is 23.3 Å². The third-order valence-corrected chi connectivity index (χ3v) is 5.99. The highest BCUT2D eigenvalue weighted by Crippen LogP contribution is 2.42. The lowest BCUT2D eigenvalue weighted by atomic mass is 9.81. The van der Waals surface area contributed by atoms with Gasteiger partial charge < -0.3 is 15.0 Å². The first kappa shape index (κ1) is 16.2. The fourth-order valence-electron chi connectivity index (χ4n) is 3.23. The van der Waals surface area contributed by atoms with Gasteiger partial charge in [-0.2, -0.15) is 0 Å². The number of likely N-dealkylation sites (tertiary alicyclic amines) is 1. The van der Waals surface area contributed by atoms with E-state index >= 15 is 0 Å². The molecular weight excluding hydrogens is 314 g/mol. The van der Waals surface area contributed by atoms with Crippen LogP contribution in [-0.4, -0.2) is 42.1 Å². The number of aromatic nitrogens is 1. The quantitative estimate of drug-likeness (QED) is 0.857. The summed E-state index contributed by atoms with van der Waals surface area (Å²) >= 11 is 1.57. The maximum Gasteiger partial charge on any atom is 0.318 e. The van der Waals surface area contributed by atoms with E-state index in [0.717, 1.165) is 17.8 Å². The predicted molar refractivity (Wildman–Crippen MR) is 87.0 cm³/mol. The Labute approximate surface area is 140 Å². The number of ether oxygens (including phenoxy) is 1. The third-order valence-electron chi connectivity index (χ3n) is 5.13. The van der Waals surface area contributed by atoms with Crippen LogP contribution in [0.2, 0.25) is 0 Å². The van der Waals surface area contributed by atoms with Crippen LogP contribution >= 0.6 is 11.3 Å². The number of hydrogen-bond donors (Lipinski definition) is 1. The molecule has 1 aliphatic heterocycles. The van der Waals surface area contributed by atoms with E-state index < -0.39 is 5.41 Å². The molecule has 0 aromatic carbocycles. The molecule has 23 heavy (non-hydrogen) atoms. The summed E-state index contributed by atoms with van der Waals surface area (Å²) in [6.45, 7) is 4.81. The minimum atomic E-state index is -0.637. The van der Waals surface area contributed by atoms with Crippen LogP contribution in [0.4, 0.5) is 4.79 Å². The summed E-state index contributed by atoms with van der Waals surface area (Å²) < 4.78 is 4.92. The Kier molecular flexibility index (Phi) is 4.31. The zero-order chi connectivity index (χ0) is 16.6. The third kappa shape index (κ3) is 3.06. The number of urea groups is 1. The first-order valence-corrected chi connectivity index (χ1v) is 8.87. The number of nitrogens with one attached hydrogen (secondary N) is 1. The van der Waals surface area contributed by atoms with E-state index in [1.54, 1.807) is 22.4 Å². The number of esters is 1. The maximum atomic E-state index is 12.7. The van der Waals surface area contributed by atoms with E-state index in [9.17, 15) is 9.59 Å². The molecule has 0 spiro atoms. The molecule has 2 aliphatic rings. The number of carbonyl (C=O) groups excluding carboxylic acids is 2. The van der Waals surface area contributed by atoms with E-state index in [1.165, 1.54) is 7.11 Å². The van der Waals surface area contributed by atoms with E-state index in [1.807, 2.05) is 19.2 Å². The van der Waals surface area contributed by atoms with Crippen molar-refractivity contribution in [1.82, 2.24) is 15.2 Å². The van der Waals surface area contributed by atoms with Crippen LogP contribution in [0.5, 0.6) is 0 Å². The van der Waals surface area contributed by atoms with Crippen LogP contribution < -0.4 is 5.32 Å². The van der Waals surface area contributed by atoms with Crippen molar-refractivity contribution in [1.29, 1.82) is 0 Å². The fourth-order valence-corrected chi connectivity index (χ4v) is 4.01. The number of methoxy groups -OCH3 is 1. The maximum absolute atomic E-state index is 12.7.